The summed E-state index contributed by atoms with van der Waals surface area (Å²) in [5, 5.41) is 20.5. The molecule has 3 aliphatic rings. The lowest BCUT2D eigenvalue weighted by Crippen LogP contribution is -2.34. The van der Waals surface area contributed by atoms with Crippen LogP contribution in [0.3, 0.4) is 0 Å². The number of rotatable bonds is 1. The second-order valence-electron chi connectivity index (χ2n) is 7.59. The highest BCUT2D eigenvalue weighted by molar-refractivity contribution is 5.91. The molecule has 0 spiro atoms. The summed E-state index contributed by atoms with van der Waals surface area (Å²) in [6.45, 7) is 7.79. The van der Waals surface area contributed by atoms with E-state index in [0.717, 1.165) is 31.3 Å². The van der Waals surface area contributed by atoms with Gasteiger partial charge in [0.15, 0.2) is 0 Å². The first-order valence-corrected chi connectivity index (χ1v) is 9.07. The van der Waals surface area contributed by atoms with Crippen LogP contribution in [-0.2, 0) is 14.3 Å². The fraction of sp³-hybridized carbons (Fsp3) is 0.650. The molecule has 138 valence electrons. The highest BCUT2D eigenvalue weighted by atomic mass is 16.6. The number of allylic oxidation sites excluding steroid dienone is 3. The van der Waals surface area contributed by atoms with Gasteiger partial charge in [-0.25, -0.2) is 4.79 Å². The molecule has 5 heteroatoms. The Morgan fingerprint density at radius 3 is 2.80 bits per heavy atom. The quantitative estimate of drug-likeness (QED) is 0.329. The zero-order valence-corrected chi connectivity index (χ0v) is 15.0. The van der Waals surface area contributed by atoms with Gasteiger partial charge in [0, 0.05) is 11.5 Å². The van der Waals surface area contributed by atoms with Gasteiger partial charge >= 0.3 is 5.97 Å². The predicted octanol–water partition coefficient (Wildman–Crippen LogP) is 2.43. The van der Waals surface area contributed by atoms with E-state index in [1.807, 2.05) is 13.0 Å². The van der Waals surface area contributed by atoms with Crippen molar-refractivity contribution in [3.05, 3.63) is 35.5 Å². The van der Waals surface area contributed by atoms with Gasteiger partial charge in [-0.3, -0.25) is 0 Å². The van der Waals surface area contributed by atoms with Crippen molar-refractivity contribution in [2.24, 2.45) is 5.92 Å². The van der Waals surface area contributed by atoms with Gasteiger partial charge in [0.2, 0.25) is 0 Å². The number of esters is 1. The van der Waals surface area contributed by atoms with Crippen LogP contribution in [0, 0.1) is 5.92 Å². The van der Waals surface area contributed by atoms with Crippen molar-refractivity contribution in [2.75, 3.05) is 6.61 Å². The Morgan fingerprint density at radius 2 is 2.08 bits per heavy atom. The Morgan fingerprint density at radius 1 is 1.32 bits per heavy atom. The second-order valence-corrected chi connectivity index (χ2v) is 7.59. The maximum absolute atomic E-state index is 12.0. The number of aliphatic hydroxyl groups is 2. The number of hydrogen-bond donors (Lipinski definition) is 2. The molecule has 0 unspecified atom stereocenters. The number of fused-ring (bicyclic) bond motifs is 2. The van der Waals surface area contributed by atoms with E-state index in [1.54, 1.807) is 0 Å². The Kier molecular flexibility index (Phi) is 5.19. The van der Waals surface area contributed by atoms with Gasteiger partial charge in [-0.2, -0.15) is 0 Å². The molecule has 0 bridgehead atoms. The summed E-state index contributed by atoms with van der Waals surface area (Å²) in [6.07, 6.45) is 6.51. The molecular formula is C20H28O5. The summed E-state index contributed by atoms with van der Waals surface area (Å²) in [5.74, 6) is -0.733. The van der Waals surface area contributed by atoms with Gasteiger partial charge in [-0.1, -0.05) is 24.3 Å². The summed E-state index contributed by atoms with van der Waals surface area (Å²) in [7, 11) is 0. The number of carbonyl (C=O) groups is 1. The second kappa shape index (κ2) is 7.06. The molecule has 5 atom stereocenters. The smallest absolute Gasteiger partial charge is 0.334 e. The van der Waals surface area contributed by atoms with Crippen LogP contribution >= 0.6 is 0 Å². The molecule has 25 heavy (non-hydrogen) atoms. The van der Waals surface area contributed by atoms with Gasteiger partial charge in [-0.05, 0) is 51.5 Å². The first-order valence-electron chi connectivity index (χ1n) is 9.07. The maximum Gasteiger partial charge on any atom is 0.334 e. The van der Waals surface area contributed by atoms with Crippen molar-refractivity contribution in [1.29, 1.82) is 0 Å². The molecule has 2 heterocycles. The van der Waals surface area contributed by atoms with E-state index in [0.29, 0.717) is 12.0 Å². The predicted molar refractivity (Wildman–Crippen MR) is 93.8 cm³/mol. The summed E-state index contributed by atoms with van der Waals surface area (Å²) >= 11 is 0. The minimum absolute atomic E-state index is 0.0370. The van der Waals surface area contributed by atoms with E-state index in [2.05, 4.69) is 19.6 Å². The van der Waals surface area contributed by atoms with Crippen LogP contribution in [0.15, 0.2) is 35.5 Å². The summed E-state index contributed by atoms with van der Waals surface area (Å²) < 4.78 is 11.3. The monoisotopic (exact) mass is 348 g/mol. The molecule has 2 saturated heterocycles. The van der Waals surface area contributed by atoms with Crippen LogP contribution in [0.2, 0.25) is 0 Å². The lowest BCUT2D eigenvalue weighted by molar-refractivity contribution is -0.142. The number of ether oxygens (including phenoxy) is 2. The normalized spacial score (nSPS) is 43.7. The average Bonchev–Trinajstić information content (AvgIpc) is 3.20. The van der Waals surface area contributed by atoms with Crippen LogP contribution in [0.25, 0.3) is 0 Å². The summed E-state index contributed by atoms with van der Waals surface area (Å²) in [6, 6.07) is 0. The number of aliphatic hydroxyl groups excluding tert-OH is 2. The molecular weight excluding hydrogens is 320 g/mol. The topological polar surface area (TPSA) is 79.3 Å². The Bertz CT molecular complexity index is 620. The van der Waals surface area contributed by atoms with Gasteiger partial charge in [0.25, 0.3) is 0 Å². The molecule has 3 rings (SSSR count). The van der Waals surface area contributed by atoms with Gasteiger partial charge in [0.1, 0.15) is 17.8 Å². The van der Waals surface area contributed by atoms with E-state index >= 15 is 0 Å². The van der Waals surface area contributed by atoms with Crippen molar-refractivity contribution < 1.29 is 24.5 Å². The van der Waals surface area contributed by atoms with Crippen LogP contribution < -0.4 is 0 Å². The van der Waals surface area contributed by atoms with E-state index in [9.17, 15) is 15.0 Å². The van der Waals surface area contributed by atoms with Crippen LogP contribution in [0.1, 0.15) is 46.0 Å². The van der Waals surface area contributed by atoms with Crippen molar-refractivity contribution in [3.63, 3.8) is 0 Å². The molecule has 1 aliphatic carbocycles. The summed E-state index contributed by atoms with van der Waals surface area (Å²) in [4.78, 5) is 12.0. The largest absolute Gasteiger partial charge is 0.455 e. The fourth-order valence-corrected chi connectivity index (χ4v) is 3.95. The van der Waals surface area contributed by atoms with Crippen molar-refractivity contribution in [2.45, 2.75) is 69.9 Å². The van der Waals surface area contributed by atoms with E-state index in [-0.39, 0.29) is 18.6 Å². The number of hydrogen-bond acceptors (Lipinski definition) is 5. The van der Waals surface area contributed by atoms with Gasteiger partial charge < -0.3 is 19.7 Å². The molecule has 0 amide bonds. The first kappa shape index (κ1) is 18.4. The summed E-state index contributed by atoms with van der Waals surface area (Å²) in [5.41, 5.74) is 1.96. The lowest BCUT2D eigenvalue weighted by atomic mass is 9.84. The first-order chi connectivity index (χ1) is 11.9. The highest BCUT2D eigenvalue weighted by Crippen LogP contribution is 2.47. The average molecular weight is 348 g/mol. The molecule has 2 aliphatic heterocycles. The van der Waals surface area contributed by atoms with Crippen molar-refractivity contribution in [1.82, 2.24) is 0 Å². The molecule has 0 aromatic carbocycles. The SMILES string of the molecule is C=C1C(=O)O[C@@H]2[C@@H]1C[C@H]1O[C@]1(CO)CC/C=C(/C)CC/C=C(\C)[C@@H]2O. The lowest BCUT2D eigenvalue weighted by Gasteiger charge is -2.24. The number of epoxide rings is 1. The molecule has 0 radical (unpaired) electrons. The third-order valence-electron chi connectivity index (χ3n) is 5.83. The fourth-order valence-electron chi connectivity index (χ4n) is 3.95. The third-order valence-corrected chi connectivity index (χ3v) is 5.83. The minimum Gasteiger partial charge on any atom is -0.455 e. The third kappa shape index (κ3) is 3.59. The number of carbonyl (C=O) groups excluding carboxylic acids is 1. The standard InChI is InChI=1S/C20H28O5/c1-12-6-4-8-13(2)17(22)18-15(14(3)19(23)24-18)10-16-20(11-21,25-16)9-5-7-12/h7-8,15-18,21-22H,3-6,9-11H2,1-2H3/b12-7-,13-8+/t15-,16-,17+,18-,20+/m1/s1. The van der Waals surface area contributed by atoms with Crippen LogP contribution in [-0.4, -0.2) is 46.7 Å². The molecule has 2 N–H and O–H groups in total. The Hall–Kier alpha value is -1.43. The van der Waals surface area contributed by atoms with E-state index in [4.69, 9.17) is 9.47 Å². The zero-order valence-electron chi connectivity index (χ0n) is 15.0. The Labute approximate surface area is 149 Å². The minimum atomic E-state index is -0.845. The molecule has 2 fully saturated rings. The Balaban J connectivity index is 1.86. The molecule has 0 aromatic rings. The van der Waals surface area contributed by atoms with E-state index < -0.39 is 23.8 Å². The highest BCUT2D eigenvalue weighted by Gasteiger charge is 2.58. The van der Waals surface area contributed by atoms with E-state index in [1.165, 1.54) is 5.57 Å². The van der Waals surface area contributed by atoms with Crippen molar-refractivity contribution >= 4 is 5.97 Å². The molecule has 5 nitrogen and oxygen atoms in total. The zero-order chi connectivity index (χ0) is 18.2. The van der Waals surface area contributed by atoms with Crippen LogP contribution in [0.5, 0.6) is 0 Å². The van der Waals surface area contributed by atoms with Gasteiger partial charge in [-0.15, -0.1) is 0 Å². The molecule has 0 saturated carbocycles. The van der Waals surface area contributed by atoms with Crippen molar-refractivity contribution in [3.8, 4) is 0 Å². The molecule has 0 aromatic heterocycles. The van der Waals surface area contributed by atoms with Crippen LogP contribution in [0.4, 0.5) is 0 Å². The van der Waals surface area contributed by atoms with Gasteiger partial charge in [0.05, 0.1) is 12.7 Å². The maximum atomic E-state index is 12.0.